The van der Waals surface area contributed by atoms with E-state index < -0.39 is 0 Å². The molecule has 0 amide bonds. The Morgan fingerprint density at radius 3 is 1.82 bits per heavy atom. The van der Waals surface area contributed by atoms with E-state index in [1.54, 1.807) is 0 Å². The van der Waals surface area contributed by atoms with Crippen molar-refractivity contribution < 1.29 is 14.3 Å². The zero-order valence-corrected chi connectivity index (χ0v) is 20.2. The van der Waals surface area contributed by atoms with Crippen molar-refractivity contribution in [3.8, 4) is 11.5 Å². The maximum Gasteiger partial charge on any atom is 0.308 e. The molecule has 33 heavy (non-hydrogen) atoms. The third-order valence-corrected chi connectivity index (χ3v) is 5.29. The molecule has 0 spiro atoms. The van der Waals surface area contributed by atoms with Crippen LogP contribution in [0, 0.1) is 5.92 Å². The number of carbonyl (C=O) groups is 1. The largest absolute Gasteiger partial charge is 0.492 e. The lowest BCUT2D eigenvalue weighted by atomic mass is 9.84. The van der Waals surface area contributed by atoms with Gasteiger partial charge in [0.05, 0.1) is 0 Å². The van der Waals surface area contributed by atoms with Crippen LogP contribution in [0.5, 0.6) is 11.5 Å². The van der Waals surface area contributed by atoms with Gasteiger partial charge in [-0.25, -0.2) is 0 Å². The fourth-order valence-corrected chi connectivity index (χ4v) is 3.78. The number of ether oxygens (including phenoxy) is 2. The first-order valence-electron chi connectivity index (χ1n) is 11.3. The van der Waals surface area contributed by atoms with Crippen molar-refractivity contribution >= 4 is 17.1 Å². The number of hydrogen-bond donors (Lipinski definition) is 0. The van der Waals surface area contributed by atoms with Crippen LogP contribution in [0.4, 0.5) is 0 Å². The normalized spacial score (nSPS) is 12.0. The number of nitrogens with zero attached hydrogens (tertiary/aromatic N) is 1. The molecule has 0 saturated heterocycles. The minimum Gasteiger partial charge on any atom is -0.492 e. The molecule has 4 heteroatoms. The molecule has 0 atom stereocenters. The Labute approximate surface area is 197 Å². The molecule has 3 aromatic carbocycles. The Morgan fingerprint density at radius 2 is 1.33 bits per heavy atom. The second kappa shape index (κ2) is 11.5. The van der Waals surface area contributed by atoms with E-state index in [-0.39, 0.29) is 5.97 Å². The van der Waals surface area contributed by atoms with Gasteiger partial charge in [0.2, 0.25) is 0 Å². The van der Waals surface area contributed by atoms with E-state index in [0.29, 0.717) is 18.3 Å². The maximum absolute atomic E-state index is 11.3. The number of likely N-dealkylation sites (N-methyl/N-ethyl adjacent to an activating group) is 1. The summed E-state index contributed by atoms with van der Waals surface area (Å²) in [5, 5.41) is 0. The highest BCUT2D eigenvalue weighted by atomic mass is 16.5. The van der Waals surface area contributed by atoms with Crippen molar-refractivity contribution in [3.05, 3.63) is 95.6 Å². The smallest absolute Gasteiger partial charge is 0.308 e. The molecular formula is C29H33NO3. The third-order valence-electron chi connectivity index (χ3n) is 5.29. The molecule has 0 bridgehead atoms. The number of allylic oxidation sites excluding steroid dienone is 1. The Balaban J connectivity index is 2.07. The monoisotopic (exact) mass is 443 g/mol. The second-order valence-electron chi connectivity index (χ2n) is 8.60. The topological polar surface area (TPSA) is 38.8 Å². The highest BCUT2D eigenvalue weighted by molar-refractivity contribution is 5.99. The van der Waals surface area contributed by atoms with E-state index in [0.717, 1.165) is 29.0 Å². The summed E-state index contributed by atoms with van der Waals surface area (Å²) in [4.78, 5) is 13.4. The van der Waals surface area contributed by atoms with Crippen LogP contribution in [-0.4, -0.2) is 38.1 Å². The molecule has 0 heterocycles. The molecule has 3 rings (SSSR count). The number of benzene rings is 3. The first-order valence-corrected chi connectivity index (χ1v) is 11.3. The Bertz CT molecular complexity index is 1070. The van der Waals surface area contributed by atoms with Crippen molar-refractivity contribution in [2.24, 2.45) is 5.92 Å². The summed E-state index contributed by atoms with van der Waals surface area (Å²) in [6.07, 6.45) is 0. The molecular weight excluding hydrogens is 410 g/mol. The van der Waals surface area contributed by atoms with Gasteiger partial charge >= 0.3 is 5.97 Å². The third kappa shape index (κ3) is 6.80. The fourth-order valence-electron chi connectivity index (χ4n) is 3.78. The summed E-state index contributed by atoms with van der Waals surface area (Å²) in [5.41, 5.74) is 5.79. The minimum atomic E-state index is -0.324. The number of carbonyl (C=O) groups excluding carboxylic acids is 1. The maximum atomic E-state index is 11.3. The van der Waals surface area contributed by atoms with E-state index in [2.05, 4.69) is 55.1 Å². The molecule has 0 aliphatic heterocycles. The summed E-state index contributed by atoms with van der Waals surface area (Å²) >= 11 is 0. The number of hydrogen-bond acceptors (Lipinski definition) is 4. The van der Waals surface area contributed by atoms with Gasteiger partial charge < -0.3 is 14.4 Å². The standard InChI is InChI=1S/C29H33NO3/c1-21(2)28(23-9-7-6-8-10-23)29(25-13-17-27(18-14-25)33-22(3)31)24-11-15-26(16-12-24)32-20-19-30(4)5/h6-18,21H,19-20H2,1-5H3. The predicted molar refractivity (Wildman–Crippen MR) is 135 cm³/mol. The van der Waals surface area contributed by atoms with Crippen LogP contribution in [-0.2, 0) is 4.79 Å². The molecule has 0 aromatic heterocycles. The van der Waals surface area contributed by atoms with Gasteiger partial charge in [-0.15, -0.1) is 0 Å². The minimum absolute atomic E-state index is 0.298. The molecule has 0 N–H and O–H groups in total. The summed E-state index contributed by atoms with van der Waals surface area (Å²) in [6, 6.07) is 26.5. The summed E-state index contributed by atoms with van der Waals surface area (Å²) in [6.45, 7) is 7.36. The van der Waals surface area contributed by atoms with Gasteiger partial charge in [0.1, 0.15) is 18.1 Å². The van der Waals surface area contributed by atoms with Gasteiger partial charge in [0.15, 0.2) is 0 Å². The predicted octanol–water partition coefficient (Wildman–Crippen LogP) is 6.17. The summed E-state index contributed by atoms with van der Waals surface area (Å²) < 4.78 is 11.1. The average Bonchev–Trinajstić information content (AvgIpc) is 2.78. The number of esters is 1. The lowest BCUT2D eigenvalue weighted by Crippen LogP contribution is -2.19. The molecule has 3 aromatic rings. The van der Waals surface area contributed by atoms with Gasteiger partial charge in [-0.1, -0.05) is 68.4 Å². The second-order valence-corrected chi connectivity index (χ2v) is 8.60. The van der Waals surface area contributed by atoms with Crippen molar-refractivity contribution in [1.29, 1.82) is 0 Å². The molecule has 0 radical (unpaired) electrons. The van der Waals surface area contributed by atoms with Gasteiger partial charge in [0, 0.05) is 13.5 Å². The van der Waals surface area contributed by atoms with Gasteiger partial charge in [0.25, 0.3) is 0 Å². The summed E-state index contributed by atoms with van der Waals surface area (Å²) in [7, 11) is 4.07. The average molecular weight is 444 g/mol. The Kier molecular flexibility index (Phi) is 8.45. The highest BCUT2D eigenvalue weighted by Gasteiger charge is 2.17. The van der Waals surface area contributed by atoms with E-state index in [9.17, 15) is 4.79 Å². The quantitative estimate of drug-likeness (QED) is 0.225. The van der Waals surface area contributed by atoms with Crippen LogP contribution in [0.3, 0.4) is 0 Å². The molecule has 0 fully saturated rings. The van der Waals surface area contributed by atoms with Crippen LogP contribution in [0.15, 0.2) is 78.9 Å². The first-order chi connectivity index (χ1) is 15.8. The van der Waals surface area contributed by atoms with Crippen LogP contribution >= 0.6 is 0 Å². The zero-order valence-electron chi connectivity index (χ0n) is 20.2. The first kappa shape index (κ1) is 24.3. The molecule has 0 unspecified atom stereocenters. The molecule has 0 aliphatic rings. The van der Waals surface area contributed by atoms with E-state index in [1.807, 2.05) is 56.6 Å². The van der Waals surface area contributed by atoms with Gasteiger partial charge in [-0.2, -0.15) is 0 Å². The van der Waals surface area contributed by atoms with E-state index in [1.165, 1.54) is 18.1 Å². The number of rotatable bonds is 9. The molecule has 0 saturated carbocycles. The van der Waals surface area contributed by atoms with Crippen LogP contribution in [0.1, 0.15) is 37.5 Å². The zero-order chi connectivity index (χ0) is 23.8. The molecule has 4 nitrogen and oxygen atoms in total. The van der Waals surface area contributed by atoms with Crippen molar-refractivity contribution in [3.63, 3.8) is 0 Å². The fraction of sp³-hybridized carbons (Fsp3) is 0.276. The highest BCUT2D eigenvalue weighted by Crippen LogP contribution is 2.37. The van der Waals surface area contributed by atoms with Crippen LogP contribution < -0.4 is 9.47 Å². The van der Waals surface area contributed by atoms with E-state index in [4.69, 9.17) is 9.47 Å². The van der Waals surface area contributed by atoms with Gasteiger partial charge in [-0.3, -0.25) is 4.79 Å². The van der Waals surface area contributed by atoms with Crippen molar-refractivity contribution in [2.75, 3.05) is 27.2 Å². The Hall–Kier alpha value is -3.37. The van der Waals surface area contributed by atoms with Crippen LogP contribution in [0.2, 0.25) is 0 Å². The lowest BCUT2D eigenvalue weighted by molar-refractivity contribution is -0.131. The Morgan fingerprint density at radius 1 is 0.788 bits per heavy atom. The molecule has 0 aliphatic carbocycles. The lowest BCUT2D eigenvalue weighted by Gasteiger charge is -2.21. The van der Waals surface area contributed by atoms with Gasteiger partial charge in [-0.05, 0) is 72.1 Å². The van der Waals surface area contributed by atoms with Crippen LogP contribution in [0.25, 0.3) is 11.1 Å². The van der Waals surface area contributed by atoms with E-state index >= 15 is 0 Å². The summed E-state index contributed by atoms with van der Waals surface area (Å²) in [5.74, 6) is 1.37. The van der Waals surface area contributed by atoms with Crippen molar-refractivity contribution in [2.45, 2.75) is 20.8 Å². The SMILES string of the molecule is CC(=O)Oc1ccc(C(=C(c2ccccc2)C(C)C)c2ccc(OCCN(C)C)cc2)cc1. The van der Waals surface area contributed by atoms with Crippen molar-refractivity contribution in [1.82, 2.24) is 4.90 Å². The molecule has 172 valence electrons.